The van der Waals surface area contributed by atoms with Crippen LogP contribution < -0.4 is 14.8 Å². The zero-order chi connectivity index (χ0) is 24.3. The van der Waals surface area contributed by atoms with E-state index in [-0.39, 0.29) is 10.5 Å². The topological polar surface area (TPSA) is 128 Å². The molecule has 0 aliphatic rings. The average Bonchev–Trinajstić information content (AvgIpc) is 3.25. The maximum atomic E-state index is 13.0. The second kappa shape index (κ2) is 9.32. The number of tetrazole rings is 1. The van der Waals surface area contributed by atoms with E-state index in [4.69, 9.17) is 4.74 Å². The molecule has 0 aliphatic heterocycles. The Balaban J connectivity index is 1.57. The zero-order valence-electron chi connectivity index (χ0n) is 18.7. The smallest absolute Gasteiger partial charge is 0.261 e. The number of ether oxygens (including phenoxy) is 1. The number of sulfonamides is 1. The molecule has 11 heteroatoms. The van der Waals surface area contributed by atoms with Crippen molar-refractivity contribution in [3.63, 3.8) is 0 Å². The summed E-state index contributed by atoms with van der Waals surface area (Å²) in [6.07, 6.45) is 0. The number of benzene rings is 3. The maximum absolute atomic E-state index is 13.0. The number of nitrogens with zero attached hydrogens (tertiary/aromatic N) is 4. The van der Waals surface area contributed by atoms with Crippen molar-refractivity contribution in [3.8, 4) is 11.4 Å². The van der Waals surface area contributed by atoms with Gasteiger partial charge in [0.1, 0.15) is 5.75 Å². The first-order valence-corrected chi connectivity index (χ1v) is 11.7. The highest BCUT2D eigenvalue weighted by atomic mass is 32.2. The van der Waals surface area contributed by atoms with E-state index in [1.807, 2.05) is 6.07 Å². The number of nitrogens with one attached hydrogen (secondary N) is 2. The molecule has 0 saturated carbocycles. The molecule has 3 aromatic carbocycles. The second-order valence-electron chi connectivity index (χ2n) is 7.45. The summed E-state index contributed by atoms with van der Waals surface area (Å²) in [5, 5.41) is 14.2. The van der Waals surface area contributed by atoms with Crippen molar-refractivity contribution in [2.24, 2.45) is 0 Å². The van der Waals surface area contributed by atoms with Crippen LogP contribution in [0, 0.1) is 13.8 Å². The number of hydrogen-bond acceptors (Lipinski definition) is 7. The van der Waals surface area contributed by atoms with Crippen molar-refractivity contribution in [3.05, 3.63) is 83.7 Å². The molecule has 0 fully saturated rings. The van der Waals surface area contributed by atoms with E-state index in [1.165, 1.54) is 19.2 Å². The normalized spacial score (nSPS) is 11.1. The Kier molecular flexibility index (Phi) is 6.28. The van der Waals surface area contributed by atoms with Crippen LogP contribution in [0.15, 0.2) is 71.6 Å². The standard InChI is InChI=1S/C23H22N6O4S/c1-15-7-12-21(34(31,32)26-17-8-10-20(33-3)11-9-17)14-22(15)23(30)24-18-5-4-6-19(13-18)29-16(2)25-27-28-29/h4-14,26H,1-3H3,(H,24,30). The predicted molar refractivity (Wildman–Crippen MR) is 127 cm³/mol. The molecule has 174 valence electrons. The number of amides is 1. The highest BCUT2D eigenvalue weighted by Gasteiger charge is 2.19. The van der Waals surface area contributed by atoms with E-state index in [0.717, 1.165) is 0 Å². The van der Waals surface area contributed by atoms with Crippen LogP contribution in [-0.4, -0.2) is 41.6 Å². The van der Waals surface area contributed by atoms with Gasteiger partial charge in [0, 0.05) is 16.9 Å². The fraction of sp³-hybridized carbons (Fsp3) is 0.130. The molecule has 4 aromatic rings. The minimum Gasteiger partial charge on any atom is -0.497 e. The monoisotopic (exact) mass is 478 g/mol. The summed E-state index contributed by atoms with van der Waals surface area (Å²) in [5.74, 6) is 0.766. The molecule has 1 amide bonds. The largest absolute Gasteiger partial charge is 0.497 e. The highest BCUT2D eigenvalue weighted by molar-refractivity contribution is 7.92. The van der Waals surface area contributed by atoms with Gasteiger partial charge in [0.05, 0.1) is 17.7 Å². The number of aromatic nitrogens is 4. The Labute approximate surface area is 196 Å². The lowest BCUT2D eigenvalue weighted by atomic mass is 10.1. The fourth-order valence-electron chi connectivity index (χ4n) is 3.27. The molecule has 1 aromatic heterocycles. The number of rotatable bonds is 7. The molecule has 0 radical (unpaired) electrons. The number of anilines is 2. The van der Waals surface area contributed by atoms with Crippen molar-refractivity contribution < 1.29 is 17.9 Å². The van der Waals surface area contributed by atoms with Gasteiger partial charge in [0.25, 0.3) is 15.9 Å². The van der Waals surface area contributed by atoms with E-state index < -0.39 is 15.9 Å². The number of aryl methyl sites for hydroxylation is 2. The number of hydrogen-bond donors (Lipinski definition) is 2. The molecule has 2 N–H and O–H groups in total. The third kappa shape index (κ3) is 4.89. The van der Waals surface area contributed by atoms with Gasteiger partial charge in [-0.2, -0.15) is 4.68 Å². The van der Waals surface area contributed by atoms with Crippen LogP contribution in [0.1, 0.15) is 21.7 Å². The van der Waals surface area contributed by atoms with Crippen LogP contribution in [0.25, 0.3) is 5.69 Å². The Morgan fingerprint density at radius 3 is 2.41 bits per heavy atom. The number of carbonyl (C=O) groups is 1. The average molecular weight is 479 g/mol. The van der Waals surface area contributed by atoms with Crippen molar-refractivity contribution in [2.45, 2.75) is 18.7 Å². The summed E-state index contributed by atoms with van der Waals surface area (Å²) >= 11 is 0. The van der Waals surface area contributed by atoms with Crippen LogP contribution in [0.4, 0.5) is 11.4 Å². The first-order valence-electron chi connectivity index (χ1n) is 10.2. The van der Waals surface area contributed by atoms with E-state index in [9.17, 15) is 13.2 Å². The third-order valence-electron chi connectivity index (χ3n) is 5.08. The van der Waals surface area contributed by atoms with E-state index in [1.54, 1.807) is 67.1 Å². The summed E-state index contributed by atoms with van der Waals surface area (Å²) in [4.78, 5) is 13.0. The Hall–Kier alpha value is -4.25. The lowest BCUT2D eigenvalue weighted by molar-refractivity contribution is 0.102. The summed E-state index contributed by atoms with van der Waals surface area (Å²) < 4.78 is 35.0. The molecule has 0 saturated heterocycles. The summed E-state index contributed by atoms with van der Waals surface area (Å²) in [5.41, 5.74) is 2.44. The molecule has 1 heterocycles. The van der Waals surface area contributed by atoms with Gasteiger partial charge < -0.3 is 10.1 Å². The van der Waals surface area contributed by atoms with Crippen molar-refractivity contribution in [1.29, 1.82) is 0 Å². The third-order valence-corrected chi connectivity index (χ3v) is 6.46. The number of carbonyl (C=O) groups excluding carboxylic acids is 1. The van der Waals surface area contributed by atoms with E-state index in [0.29, 0.717) is 34.2 Å². The van der Waals surface area contributed by atoms with Gasteiger partial charge in [-0.05, 0) is 84.4 Å². The van der Waals surface area contributed by atoms with Gasteiger partial charge in [-0.1, -0.05) is 12.1 Å². The summed E-state index contributed by atoms with van der Waals surface area (Å²) in [6.45, 7) is 3.50. The van der Waals surface area contributed by atoms with Crippen LogP contribution in [0.5, 0.6) is 5.75 Å². The molecular weight excluding hydrogens is 456 g/mol. The Morgan fingerprint density at radius 1 is 0.971 bits per heavy atom. The zero-order valence-corrected chi connectivity index (χ0v) is 19.5. The molecule has 0 aliphatic carbocycles. The highest BCUT2D eigenvalue weighted by Crippen LogP contribution is 2.22. The molecule has 0 unspecified atom stereocenters. The molecule has 0 spiro atoms. The first-order chi connectivity index (χ1) is 16.3. The SMILES string of the molecule is COc1ccc(NS(=O)(=O)c2ccc(C)c(C(=O)Nc3cccc(-n4nnnc4C)c3)c2)cc1. The lowest BCUT2D eigenvalue weighted by Gasteiger charge is -2.12. The first kappa shape index (κ1) is 22.9. The minimum atomic E-state index is -3.92. The fourth-order valence-corrected chi connectivity index (χ4v) is 4.35. The Morgan fingerprint density at radius 2 is 1.74 bits per heavy atom. The van der Waals surface area contributed by atoms with Gasteiger partial charge in [-0.15, -0.1) is 5.10 Å². The van der Waals surface area contributed by atoms with Crippen LogP contribution in [-0.2, 0) is 10.0 Å². The van der Waals surface area contributed by atoms with Crippen molar-refractivity contribution in [2.75, 3.05) is 17.1 Å². The molecule has 0 atom stereocenters. The van der Waals surface area contributed by atoms with Gasteiger partial charge in [0.15, 0.2) is 5.82 Å². The lowest BCUT2D eigenvalue weighted by Crippen LogP contribution is -2.17. The molecule has 4 rings (SSSR count). The van der Waals surface area contributed by atoms with Gasteiger partial charge >= 0.3 is 0 Å². The van der Waals surface area contributed by atoms with Gasteiger partial charge in [0.2, 0.25) is 0 Å². The summed E-state index contributed by atoms with van der Waals surface area (Å²) in [6, 6.07) is 17.9. The van der Waals surface area contributed by atoms with Crippen LogP contribution in [0.2, 0.25) is 0 Å². The molecular formula is C23H22N6O4S. The van der Waals surface area contributed by atoms with E-state index in [2.05, 4.69) is 25.6 Å². The van der Waals surface area contributed by atoms with Crippen molar-refractivity contribution >= 4 is 27.3 Å². The van der Waals surface area contributed by atoms with Crippen molar-refractivity contribution in [1.82, 2.24) is 20.2 Å². The maximum Gasteiger partial charge on any atom is 0.261 e. The van der Waals surface area contributed by atoms with Crippen LogP contribution in [0.3, 0.4) is 0 Å². The molecule has 34 heavy (non-hydrogen) atoms. The summed E-state index contributed by atoms with van der Waals surface area (Å²) in [7, 11) is -2.39. The molecule has 10 nitrogen and oxygen atoms in total. The molecule has 0 bridgehead atoms. The predicted octanol–water partition coefficient (Wildman–Crippen LogP) is 3.34. The quantitative estimate of drug-likeness (QED) is 0.417. The Bertz CT molecular complexity index is 1450. The van der Waals surface area contributed by atoms with Gasteiger partial charge in [-0.3, -0.25) is 9.52 Å². The van der Waals surface area contributed by atoms with Crippen LogP contribution >= 0.6 is 0 Å². The van der Waals surface area contributed by atoms with Gasteiger partial charge in [-0.25, -0.2) is 8.42 Å². The number of methoxy groups -OCH3 is 1. The second-order valence-corrected chi connectivity index (χ2v) is 9.14. The minimum absolute atomic E-state index is 0.0304. The van der Waals surface area contributed by atoms with E-state index >= 15 is 0 Å².